The van der Waals surface area contributed by atoms with Gasteiger partial charge in [-0.25, -0.2) is 0 Å². The van der Waals surface area contributed by atoms with Crippen LogP contribution in [0.5, 0.6) is 0 Å². The van der Waals surface area contributed by atoms with Crippen molar-refractivity contribution in [3.63, 3.8) is 0 Å². The molecule has 0 amide bonds. The van der Waals surface area contributed by atoms with Crippen molar-refractivity contribution in [3.8, 4) is 0 Å². The van der Waals surface area contributed by atoms with E-state index < -0.39 is 48.6 Å². The quantitative estimate of drug-likeness (QED) is 0.487. The molecular formula is C17H27NO9. The number of ether oxygens (including phenoxy) is 4. The first kappa shape index (κ1) is 21.5. The molecule has 2 fully saturated rings. The molecule has 10 heteroatoms. The number of rotatable bonds is 6. The van der Waals surface area contributed by atoms with Gasteiger partial charge in [0.25, 0.3) is 0 Å². The molecule has 0 saturated carbocycles. The minimum absolute atomic E-state index is 0.252. The summed E-state index contributed by atoms with van der Waals surface area (Å²) in [6.45, 7) is 4.67. The summed E-state index contributed by atoms with van der Waals surface area (Å²) in [7, 11) is 0. The van der Waals surface area contributed by atoms with Crippen molar-refractivity contribution in [1.82, 2.24) is 5.06 Å². The molecule has 2 heterocycles. The van der Waals surface area contributed by atoms with Crippen LogP contribution in [0.2, 0.25) is 0 Å². The van der Waals surface area contributed by atoms with Crippen molar-refractivity contribution >= 4 is 17.9 Å². The Morgan fingerprint density at radius 3 is 2.11 bits per heavy atom. The molecule has 154 valence electrons. The molecule has 0 unspecified atom stereocenters. The third-order valence-electron chi connectivity index (χ3n) is 4.24. The number of hydroxylamine groups is 2. The minimum Gasteiger partial charge on any atom is -0.463 e. The van der Waals surface area contributed by atoms with Crippen LogP contribution in [0.4, 0.5) is 0 Å². The lowest BCUT2D eigenvalue weighted by atomic mass is 9.98. The molecule has 2 aliphatic heterocycles. The van der Waals surface area contributed by atoms with Gasteiger partial charge < -0.3 is 24.1 Å². The Morgan fingerprint density at radius 1 is 0.963 bits per heavy atom. The maximum atomic E-state index is 11.5. The SMILES string of the molecule is CC(=O)OC[C@H]1O[C@@H](ON2CCCCC2)[C@H](O)[C@@H](OC(C)=O)[C@@H]1OC(C)=O. The van der Waals surface area contributed by atoms with Crippen LogP contribution in [-0.2, 0) is 38.2 Å². The zero-order valence-electron chi connectivity index (χ0n) is 15.8. The van der Waals surface area contributed by atoms with E-state index in [1.165, 1.54) is 20.8 Å². The number of aliphatic hydroxyl groups is 1. The molecule has 5 atom stereocenters. The van der Waals surface area contributed by atoms with Crippen molar-refractivity contribution in [2.75, 3.05) is 19.7 Å². The zero-order valence-corrected chi connectivity index (χ0v) is 15.8. The molecule has 0 bridgehead atoms. The van der Waals surface area contributed by atoms with Crippen molar-refractivity contribution < 1.29 is 43.3 Å². The van der Waals surface area contributed by atoms with Gasteiger partial charge in [0, 0.05) is 33.9 Å². The fourth-order valence-corrected chi connectivity index (χ4v) is 3.09. The van der Waals surface area contributed by atoms with Gasteiger partial charge >= 0.3 is 17.9 Å². The summed E-state index contributed by atoms with van der Waals surface area (Å²) in [5.74, 6) is -1.87. The summed E-state index contributed by atoms with van der Waals surface area (Å²) in [6, 6.07) is 0. The molecule has 27 heavy (non-hydrogen) atoms. The van der Waals surface area contributed by atoms with E-state index in [2.05, 4.69) is 0 Å². The van der Waals surface area contributed by atoms with Crippen molar-refractivity contribution in [2.45, 2.75) is 70.7 Å². The molecule has 1 N–H and O–H groups in total. The molecule has 2 aliphatic rings. The Kier molecular flexibility index (Phi) is 7.96. The van der Waals surface area contributed by atoms with Crippen molar-refractivity contribution in [2.24, 2.45) is 0 Å². The second-order valence-electron chi connectivity index (χ2n) is 6.58. The first-order valence-corrected chi connectivity index (χ1v) is 9.01. The average molecular weight is 389 g/mol. The van der Waals surface area contributed by atoms with E-state index in [4.69, 9.17) is 23.8 Å². The van der Waals surface area contributed by atoms with Gasteiger partial charge in [0.2, 0.25) is 6.29 Å². The van der Waals surface area contributed by atoms with E-state index in [0.717, 1.165) is 19.3 Å². The molecule has 0 aromatic rings. The Bertz CT molecular complexity index is 534. The molecule has 0 aromatic heterocycles. The molecule has 10 nitrogen and oxygen atoms in total. The number of carbonyl (C=O) groups excluding carboxylic acids is 3. The largest absolute Gasteiger partial charge is 0.463 e. The van der Waals surface area contributed by atoms with E-state index in [1.807, 2.05) is 0 Å². The summed E-state index contributed by atoms with van der Waals surface area (Å²) >= 11 is 0. The molecular weight excluding hydrogens is 362 g/mol. The number of hydrogen-bond donors (Lipinski definition) is 1. The van der Waals surface area contributed by atoms with Crippen LogP contribution in [-0.4, -0.2) is 78.5 Å². The third-order valence-corrected chi connectivity index (χ3v) is 4.24. The van der Waals surface area contributed by atoms with Crippen LogP contribution in [0.1, 0.15) is 40.0 Å². The van der Waals surface area contributed by atoms with Gasteiger partial charge in [-0.3, -0.25) is 19.2 Å². The standard InChI is InChI=1S/C17H27NO9/c1-10(19)23-9-13-15(24-11(2)20)16(25-12(3)21)14(22)17(26-13)27-18-7-5-4-6-8-18/h13-17,22H,4-9H2,1-3H3/t13-,14-,15-,16-,17+/m1/s1. The molecule has 0 aliphatic carbocycles. The van der Waals surface area contributed by atoms with Gasteiger partial charge in [-0.15, -0.1) is 0 Å². The van der Waals surface area contributed by atoms with Crippen molar-refractivity contribution in [3.05, 3.63) is 0 Å². The van der Waals surface area contributed by atoms with Crippen LogP contribution in [0.3, 0.4) is 0 Å². The lowest BCUT2D eigenvalue weighted by Gasteiger charge is -2.44. The molecule has 2 rings (SSSR count). The molecule has 2 saturated heterocycles. The Morgan fingerprint density at radius 2 is 1.56 bits per heavy atom. The summed E-state index contributed by atoms with van der Waals surface area (Å²) < 4.78 is 21.1. The maximum absolute atomic E-state index is 11.5. The van der Waals surface area contributed by atoms with Gasteiger partial charge in [0.05, 0.1) is 0 Å². The molecule has 0 spiro atoms. The third kappa shape index (κ3) is 6.42. The number of aliphatic hydroxyl groups excluding tert-OH is 1. The second kappa shape index (κ2) is 9.98. The second-order valence-corrected chi connectivity index (χ2v) is 6.58. The number of nitrogens with zero attached hydrogens (tertiary/aromatic N) is 1. The predicted molar refractivity (Wildman–Crippen MR) is 88.9 cm³/mol. The van der Waals surface area contributed by atoms with Crippen LogP contribution in [0, 0.1) is 0 Å². The lowest BCUT2D eigenvalue weighted by Crippen LogP contribution is -2.62. The monoisotopic (exact) mass is 389 g/mol. The van der Waals surface area contributed by atoms with Gasteiger partial charge in [0.1, 0.15) is 18.8 Å². The predicted octanol–water partition coefficient (Wildman–Crippen LogP) is -0.0838. The summed E-state index contributed by atoms with van der Waals surface area (Å²) in [6.07, 6.45) is -2.92. The van der Waals surface area contributed by atoms with Crippen LogP contribution >= 0.6 is 0 Å². The number of esters is 3. The Labute approximate surface area is 157 Å². The van der Waals surface area contributed by atoms with E-state index in [1.54, 1.807) is 5.06 Å². The van der Waals surface area contributed by atoms with E-state index >= 15 is 0 Å². The minimum atomic E-state index is -1.39. The van der Waals surface area contributed by atoms with Gasteiger partial charge in [-0.05, 0) is 12.8 Å². The lowest BCUT2D eigenvalue weighted by molar-refractivity contribution is -0.364. The first-order chi connectivity index (χ1) is 12.8. The zero-order chi connectivity index (χ0) is 20.0. The maximum Gasteiger partial charge on any atom is 0.303 e. The number of piperidine rings is 1. The van der Waals surface area contributed by atoms with E-state index in [0.29, 0.717) is 13.1 Å². The van der Waals surface area contributed by atoms with Gasteiger partial charge in [0.15, 0.2) is 12.2 Å². The Balaban J connectivity index is 2.19. The summed E-state index contributed by atoms with van der Waals surface area (Å²) in [5.41, 5.74) is 0. The number of hydrogen-bond acceptors (Lipinski definition) is 10. The highest BCUT2D eigenvalue weighted by Crippen LogP contribution is 2.28. The van der Waals surface area contributed by atoms with Crippen LogP contribution in [0.25, 0.3) is 0 Å². The molecule has 0 aromatic carbocycles. The van der Waals surface area contributed by atoms with E-state index in [9.17, 15) is 19.5 Å². The summed E-state index contributed by atoms with van der Waals surface area (Å²) in [4.78, 5) is 39.9. The van der Waals surface area contributed by atoms with Gasteiger partial charge in [-0.1, -0.05) is 6.42 Å². The Hall–Kier alpha value is -1.75. The fourth-order valence-electron chi connectivity index (χ4n) is 3.09. The highest BCUT2D eigenvalue weighted by molar-refractivity contribution is 5.67. The highest BCUT2D eigenvalue weighted by atomic mass is 16.8. The number of carbonyl (C=O) groups is 3. The normalized spacial score (nSPS) is 31.8. The topological polar surface area (TPSA) is 121 Å². The first-order valence-electron chi connectivity index (χ1n) is 9.01. The fraction of sp³-hybridized carbons (Fsp3) is 0.824. The van der Waals surface area contributed by atoms with Crippen molar-refractivity contribution in [1.29, 1.82) is 0 Å². The molecule has 0 radical (unpaired) electrons. The highest BCUT2D eigenvalue weighted by Gasteiger charge is 2.51. The average Bonchev–Trinajstić information content (AvgIpc) is 2.59. The van der Waals surface area contributed by atoms with E-state index in [-0.39, 0.29) is 6.61 Å². The van der Waals surface area contributed by atoms with Gasteiger partial charge in [-0.2, -0.15) is 5.06 Å². The van der Waals surface area contributed by atoms with Crippen LogP contribution in [0.15, 0.2) is 0 Å². The van der Waals surface area contributed by atoms with Crippen LogP contribution < -0.4 is 0 Å². The smallest absolute Gasteiger partial charge is 0.303 e. The summed E-state index contributed by atoms with van der Waals surface area (Å²) in [5, 5.41) is 12.3.